The Bertz CT molecular complexity index is 584. The van der Waals surface area contributed by atoms with Crippen LogP contribution in [0, 0.1) is 0 Å². The first-order valence-corrected chi connectivity index (χ1v) is 6.50. The van der Waals surface area contributed by atoms with Crippen LogP contribution < -0.4 is 11.1 Å². The normalized spacial score (nSPS) is 11.5. The standard InChI is InChI=1S/C13H16N2O2S/c1-13(2,3)17-12(16)15-10-7-18-11-5-4-8(14)6-9(10)11/h4-7H,14H2,1-3H3,(H,15,16). The molecule has 1 aromatic carbocycles. The predicted molar refractivity (Wildman–Crippen MR) is 76.1 cm³/mol. The molecule has 0 atom stereocenters. The van der Waals surface area contributed by atoms with Crippen molar-refractivity contribution in [2.24, 2.45) is 0 Å². The van der Waals surface area contributed by atoms with E-state index in [9.17, 15) is 4.79 Å². The molecule has 2 rings (SSSR count). The molecule has 0 bridgehead atoms. The minimum absolute atomic E-state index is 0.454. The summed E-state index contributed by atoms with van der Waals surface area (Å²) in [6.45, 7) is 5.49. The molecular formula is C13H16N2O2S. The Balaban J connectivity index is 2.22. The molecule has 4 nitrogen and oxygen atoms in total. The molecule has 5 heteroatoms. The first-order chi connectivity index (χ1) is 8.35. The van der Waals surface area contributed by atoms with Gasteiger partial charge in [0.1, 0.15) is 5.60 Å². The molecule has 2 aromatic rings. The Hall–Kier alpha value is -1.75. The number of ether oxygens (including phenoxy) is 1. The molecule has 0 saturated carbocycles. The maximum atomic E-state index is 11.7. The van der Waals surface area contributed by atoms with E-state index in [4.69, 9.17) is 10.5 Å². The lowest BCUT2D eigenvalue weighted by Gasteiger charge is -2.19. The molecule has 0 radical (unpaired) electrons. The predicted octanol–water partition coefficient (Wildman–Crippen LogP) is 3.83. The van der Waals surface area contributed by atoms with E-state index < -0.39 is 11.7 Å². The van der Waals surface area contributed by atoms with Gasteiger partial charge in [0.2, 0.25) is 0 Å². The van der Waals surface area contributed by atoms with E-state index in [1.807, 2.05) is 44.4 Å². The van der Waals surface area contributed by atoms with Gasteiger partial charge in [-0.05, 0) is 39.0 Å². The molecule has 96 valence electrons. The maximum Gasteiger partial charge on any atom is 0.412 e. The number of amides is 1. The van der Waals surface area contributed by atoms with Crippen molar-refractivity contribution < 1.29 is 9.53 Å². The van der Waals surface area contributed by atoms with Crippen molar-refractivity contribution in [2.75, 3.05) is 11.1 Å². The summed E-state index contributed by atoms with van der Waals surface area (Å²) in [5, 5.41) is 5.56. The number of nitrogens with one attached hydrogen (secondary N) is 1. The van der Waals surface area contributed by atoms with Crippen LogP contribution >= 0.6 is 11.3 Å². The van der Waals surface area contributed by atoms with Gasteiger partial charge < -0.3 is 10.5 Å². The zero-order valence-corrected chi connectivity index (χ0v) is 11.4. The summed E-state index contributed by atoms with van der Waals surface area (Å²) in [5.74, 6) is 0. The number of thiophene rings is 1. The summed E-state index contributed by atoms with van der Waals surface area (Å²) >= 11 is 1.56. The first-order valence-electron chi connectivity index (χ1n) is 5.62. The van der Waals surface area contributed by atoms with Gasteiger partial charge in [-0.2, -0.15) is 0 Å². The highest BCUT2D eigenvalue weighted by Gasteiger charge is 2.17. The number of hydrogen-bond acceptors (Lipinski definition) is 4. The zero-order chi connectivity index (χ0) is 13.3. The van der Waals surface area contributed by atoms with Gasteiger partial charge >= 0.3 is 6.09 Å². The topological polar surface area (TPSA) is 64.3 Å². The van der Waals surface area contributed by atoms with Gasteiger partial charge in [0.05, 0.1) is 5.69 Å². The van der Waals surface area contributed by atoms with Crippen LogP contribution in [0.5, 0.6) is 0 Å². The number of benzene rings is 1. The van der Waals surface area contributed by atoms with Gasteiger partial charge in [0.25, 0.3) is 0 Å². The number of anilines is 2. The average Bonchev–Trinajstić information content (AvgIpc) is 2.58. The van der Waals surface area contributed by atoms with Crippen LogP contribution in [0.2, 0.25) is 0 Å². The van der Waals surface area contributed by atoms with E-state index in [0.29, 0.717) is 5.69 Å². The maximum absolute atomic E-state index is 11.7. The minimum Gasteiger partial charge on any atom is -0.444 e. The molecule has 3 N–H and O–H groups in total. The van der Waals surface area contributed by atoms with E-state index >= 15 is 0 Å². The second-order valence-electron chi connectivity index (χ2n) is 5.03. The fourth-order valence-corrected chi connectivity index (χ4v) is 2.43. The fourth-order valence-electron chi connectivity index (χ4n) is 1.56. The number of carbonyl (C=O) groups excluding carboxylic acids is 1. The molecule has 0 aliphatic heterocycles. The van der Waals surface area contributed by atoms with E-state index in [1.54, 1.807) is 11.3 Å². The summed E-state index contributed by atoms with van der Waals surface area (Å²) < 4.78 is 6.29. The van der Waals surface area contributed by atoms with Crippen molar-refractivity contribution in [3.63, 3.8) is 0 Å². The van der Waals surface area contributed by atoms with Crippen LogP contribution in [-0.4, -0.2) is 11.7 Å². The van der Waals surface area contributed by atoms with E-state index in [0.717, 1.165) is 15.8 Å². The quantitative estimate of drug-likeness (QED) is 0.769. The third-order valence-electron chi connectivity index (χ3n) is 2.23. The second kappa shape index (κ2) is 4.49. The monoisotopic (exact) mass is 264 g/mol. The third-order valence-corrected chi connectivity index (χ3v) is 3.20. The number of rotatable bonds is 1. The lowest BCUT2D eigenvalue weighted by atomic mass is 10.2. The molecule has 0 aliphatic rings. The Morgan fingerprint density at radius 3 is 2.78 bits per heavy atom. The van der Waals surface area contributed by atoms with E-state index in [2.05, 4.69) is 5.32 Å². The largest absolute Gasteiger partial charge is 0.444 e. The van der Waals surface area contributed by atoms with Crippen LogP contribution in [0.25, 0.3) is 10.1 Å². The third kappa shape index (κ3) is 2.92. The van der Waals surface area contributed by atoms with Crippen molar-refractivity contribution in [1.82, 2.24) is 0 Å². The second-order valence-corrected chi connectivity index (χ2v) is 5.94. The number of carbonyl (C=O) groups is 1. The van der Waals surface area contributed by atoms with Gasteiger partial charge in [-0.1, -0.05) is 0 Å². The van der Waals surface area contributed by atoms with Crippen molar-refractivity contribution in [3.05, 3.63) is 23.6 Å². The van der Waals surface area contributed by atoms with E-state index in [1.165, 1.54) is 0 Å². The van der Waals surface area contributed by atoms with Crippen LogP contribution in [0.1, 0.15) is 20.8 Å². The van der Waals surface area contributed by atoms with Gasteiger partial charge in [-0.3, -0.25) is 5.32 Å². The SMILES string of the molecule is CC(C)(C)OC(=O)Nc1csc2ccc(N)cc12. The van der Waals surface area contributed by atoms with Crippen molar-refractivity contribution in [1.29, 1.82) is 0 Å². The van der Waals surface area contributed by atoms with Gasteiger partial charge in [-0.25, -0.2) is 4.79 Å². The Kier molecular flexibility index (Phi) is 3.17. The van der Waals surface area contributed by atoms with Crippen LogP contribution in [0.4, 0.5) is 16.2 Å². The molecule has 0 unspecified atom stereocenters. The highest BCUT2D eigenvalue weighted by molar-refractivity contribution is 7.17. The highest BCUT2D eigenvalue weighted by Crippen LogP contribution is 2.31. The molecule has 0 saturated heterocycles. The summed E-state index contributed by atoms with van der Waals surface area (Å²) in [4.78, 5) is 11.7. The number of hydrogen-bond donors (Lipinski definition) is 2. The number of nitrogen functional groups attached to an aromatic ring is 1. The molecule has 0 spiro atoms. The lowest BCUT2D eigenvalue weighted by Crippen LogP contribution is -2.27. The molecular weight excluding hydrogens is 248 g/mol. The minimum atomic E-state index is -0.505. The van der Waals surface area contributed by atoms with Crippen LogP contribution in [0.3, 0.4) is 0 Å². The molecule has 0 fully saturated rings. The van der Waals surface area contributed by atoms with Gasteiger partial charge in [0, 0.05) is 21.2 Å². The summed E-state index contributed by atoms with van der Waals surface area (Å²) in [7, 11) is 0. The number of fused-ring (bicyclic) bond motifs is 1. The molecule has 18 heavy (non-hydrogen) atoms. The smallest absolute Gasteiger partial charge is 0.412 e. The van der Waals surface area contributed by atoms with E-state index in [-0.39, 0.29) is 0 Å². The summed E-state index contributed by atoms with van der Waals surface area (Å²) in [6, 6.07) is 5.63. The lowest BCUT2D eigenvalue weighted by molar-refractivity contribution is 0.0636. The van der Waals surface area contributed by atoms with Crippen LogP contribution in [-0.2, 0) is 4.74 Å². The molecule has 1 aromatic heterocycles. The Morgan fingerprint density at radius 2 is 2.11 bits per heavy atom. The Morgan fingerprint density at radius 1 is 1.39 bits per heavy atom. The van der Waals surface area contributed by atoms with Crippen molar-refractivity contribution >= 4 is 38.9 Å². The summed E-state index contributed by atoms with van der Waals surface area (Å²) in [5.41, 5.74) is 6.65. The number of nitrogens with two attached hydrogens (primary N) is 1. The van der Waals surface area contributed by atoms with Crippen molar-refractivity contribution in [2.45, 2.75) is 26.4 Å². The highest BCUT2D eigenvalue weighted by atomic mass is 32.1. The molecule has 1 heterocycles. The summed E-state index contributed by atoms with van der Waals surface area (Å²) in [6.07, 6.45) is -0.454. The molecule has 1 amide bonds. The van der Waals surface area contributed by atoms with Crippen LogP contribution in [0.15, 0.2) is 23.6 Å². The molecule has 0 aliphatic carbocycles. The first kappa shape index (κ1) is 12.7. The zero-order valence-electron chi connectivity index (χ0n) is 10.6. The Labute approximate surface area is 110 Å². The van der Waals surface area contributed by atoms with Crippen molar-refractivity contribution in [3.8, 4) is 0 Å². The average molecular weight is 264 g/mol. The van der Waals surface area contributed by atoms with Gasteiger partial charge in [-0.15, -0.1) is 11.3 Å². The van der Waals surface area contributed by atoms with Gasteiger partial charge in [0.15, 0.2) is 0 Å². The fraction of sp³-hybridized carbons (Fsp3) is 0.308.